The number of hydrogen-bond donors (Lipinski definition) is 1. The molecule has 1 N–H and O–H groups in total. The standard InChI is InChI=1S/C26H30N6O3/c1-30(23-7-8-24(34)29-26(23)35)14-19-11-17(5-6-18(19)16-33)21-12-20(15-32-9-3-4-10-32)25-22(28-21)13-27-31(25)2/h5-6,11-13,16,23H,3-4,7-10,14-15H2,1-2H3,(H,29,34,35). The second-order valence-electron chi connectivity index (χ2n) is 9.57. The van der Waals surface area contributed by atoms with E-state index in [-0.39, 0.29) is 11.8 Å². The van der Waals surface area contributed by atoms with Gasteiger partial charge in [-0.1, -0.05) is 12.1 Å². The monoisotopic (exact) mass is 474 g/mol. The molecular formula is C26H30N6O3. The largest absolute Gasteiger partial charge is 0.299 e. The molecule has 3 aromatic rings. The van der Waals surface area contributed by atoms with Gasteiger partial charge in [-0.05, 0) is 62.7 Å². The highest BCUT2D eigenvalue weighted by Gasteiger charge is 2.30. The first-order chi connectivity index (χ1) is 16.9. The highest BCUT2D eigenvalue weighted by Crippen LogP contribution is 2.28. The van der Waals surface area contributed by atoms with Gasteiger partial charge in [-0.15, -0.1) is 0 Å². The van der Waals surface area contributed by atoms with E-state index in [9.17, 15) is 14.4 Å². The summed E-state index contributed by atoms with van der Waals surface area (Å²) in [5, 5.41) is 6.84. The molecule has 0 saturated carbocycles. The first-order valence-electron chi connectivity index (χ1n) is 12.1. The Morgan fingerprint density at radius 1 is 1.17 bits per heavy atom. The fourth-order valence-corrected chi connectivity index (χ4v) is 5.22. The molecule has 35 heavy (non-hydrogen) atoms. The van der Waals surface area contributed by atoms with Crippen molar-refractivity contribution in [3.63, 3.8) is 0 Å². The van der Waals surface area contributed by atoms with Gasteiger partial charge in [0, 0.05) is 37.7 Å². The van der Waals surface area contributed by atoms with E-state index in [1.54, 1.807) is 6.20 Å². The second kappa shape index (κ2) is 9.67. The summed E-state index contributed by atoms with van der Waals surface area (Å²) in [6.45, 7) is 3.46. The number of aldehydes is 1. The summed E-state index contributed by atoms with van der Waals surface area (Å²) in [5.41, 5.74) is 6.22. The van der Waals surface area contributed by atoms with Gasteiger partial charge in [-0.25, -0.2) is 4.98 Å². The third kappa shape index (κ3) is 4.74. The van der Waals surface area contributed by atoms with E-state index in [1.165, 1.54) is 18.4 Å². The molecule has 0 spiro atoms. The maximum atomic E-state index is 12.3. The van der Waals surface area contributed by atoms with Gasteiger partial charge in [-0.3, -0.25) is 34.2 Å². The molecule has 1 atom stereocenters. The number of fused-ring (bicyclic) bond motifs is 1. The maximum absolute atomic E-state index is 12.3. The molecular weight excluding hydrogens is 444 g/mol. The van der Waals surface area contributed by atoms with E-state index in [4.69, 9.17) is 4.98 Å². The number of pyridine rings is 1. The van der Waals surface area contributed by atoms with Gasteiger partial charge in [0.1, 0.15) is 11.8 Å². The summed E-state index contributed by atoms with van der Waals surface area (Å²) in [7, 11) is 3.79. The Bertz CT molecular complexity index is 1290. The van der Waals surface area contributed by atoms with Crippen molar-refractivity contribution in [2.45, 2.75) is 44.8 Å². The molecule has 2 aliphatic rings. The van der Waals surface area contributed by atoms with Crippen molar-refractivity contribution in [2.75, 3.05) is 20.1 Å². The summed E-state index contributed by atoms with van der Waals surface area (Å²) in [5.74, 6) is -0.528. The topological polar surface area (TPSA) is 100 Å². The average Bonchev–Trinajstić information content (AvgIpc) is 3.48. The molecule has 2 aliphatic heterocycles. The molecule has 9 heteroatoms. The predicted molar refractivity (Wildman–Crippen MR) is 131 cm³/mol. The van der Waals surface area contributed by atoms with Crippen molar-refractivity contribution >= 4 is 29.1 Å². The SMILES string of the molecule is CN(Cc1cc(-c2cc(CN3CCCC3)c3c(cnn3C)n2)ccc1C=O)C1CCC(=O)NC1=O. The number of hydrogen-bond acceptors (Lipinski definition) is 7. The van der Waals surface area contributed by atoms with Crippen LogP contribution in [0.4, 0.5) is 0 Å². The van der Waals surface area contributed by atoms with Gasteiger partial charge in [0.2, 0.25) is 11.8 Å². The smallest absolute Gasteiger partial charge is 0.243 e. The van der Waals surface area contributed by atoms with Crippen molar-refractivity contribution in [1.29, 1.82) is 0 Å². The number of likely N-dealkylation sites (tertiary alicyclic amines) is 1. The molecule has 2 fully saturated rings. The normalized spacial score (nSPS) is 19.0. The lowest BCUT2D eigenvalue weighted by Crippen LogP contribution is -2.51. The summed E-state index contributed by atoms with van der Waals surface area (Å²) < 4.78 is 1.88. The van der Waals surface area contributed by atoms with Crippen molar-refractivity contribution in [1.82, 2.24) is 29.9 Å². The highest BCUT2D eigenvalue weighted by atomic mass is 16.2. The molecule has 2 aromatic heterocycles. The zero-order chi connectivity index (χ0) is 24.5. The van der Waals surface area contributed by atoms with Gasteiger partial charge in [0.05, 0.1) is 23.4 Å². The fourth-order valence-electron chi connectivity index (χ4n) is 5.22. The molecule has 182 valence electrons. The number of benzene rings is 1. The van der Waals surface area contributed by atoms with Crippen LogP contribution in [0.2, 0.25) is 0 Å². The number of carbonyl (C=O) groups excluding carboxylic acids is 3. The summed E-state index contributed by atoms with van der Waals surface area (Å²) >= 11 is 0. The molecule has 1 unspecified atom stereocenters. The maximum Gasteiger partial charge on any atom is 0.243 e. The molecule has 4 heterocycles. The quantitative estimate of drug-likeness (QED) is 0.414. The molecule has 5 rings (SSSR count). The van der Waals surface area contributed by atoms with E-state index in [0.717, 1.165) is 53.8 Å². The first-order valence-corrected chi connectivity index (χ1v) is 12.1. The number of imide groups is 1. The number of aromatic nitrogens is 3. The van der Waals surface area contributed by atoms with Gasteiger partial charge < -0.3 is 0 Å². The Hall–Kier alpha value is -3.43. The van der Waals surface area contributed by atoms with Crippen LogP contribution in [0.25, 0.3) is 22.3 Å². The molecule has 9 nitrogen and oxygen atoms in total. The van der Waals surface area contributed by atoms with E-state index in [0.29, 0.717) is 24.9 Å². The van der Waals surface area contributed by atoms with Crippen LogP contribution in [0, 0.1) is 0 Å². The van der Waals surface area contributed by atoms with Gasteiger partial charge >= 0.3 is 0 Å². The Labute approximate surface area is 204 Å². The number of piperidine rings is 1. The van der Waals surface area contributed by atoms with Gasteiger partial charge in [0.25, 0.3) is 0 Å². The fraction of sp³-hybridized carbons (Fsp3) is 0.423. The van der Waals surface area contributed by atoms with Crippen LogP contribution in [0.5, 0.6) is 0 Å². The van der Waals surface area contributed by atoms with Crippen LogP contribution in [-0.2, 0) is 29.7 Å². The summed E-state index contributed by atoms with van der Waals surface area (Å²) in [6, 6.07) is 7.43. The average molecular weight is 475 g/mol. The number of rotatable bonds is 7. The van der Waals surface area contributed by atoms with Crippen molar-refractivity contribution in [3.8, 4) is 11.3 Å². The number of nitrogens with zero attached hydrogens (tertiary/aromatic N) is 5. The van der Waals surface area contributed by atoms with Crippen molar-refractivity contribution < 1.29 is 14.4 Å². The van der Waals surface area contributed by atoms with Crippen LogP contribution in [0.3, 0.4) is 0 Å². The second-order valence-corrected chi connectivity index (χ2v) is 9.57. The number of aryl methyl sites for hydroxylation is 1. The zero-order valence-electron chi connectivity index (χ0n) is 20.2. The molecule has 0 aliphatic carbocycles. The van der Waals surface area contributed by atoms with Crippen molar-refractivity contribution in [2.24, 2.45) is 7.05 Å². The third-order valence-corrected chi connectivity index (χ3v) is 7.10. The Balaban J connectivity index is 1.47. The van der Waals surface area contributed by atoms with Crippen LogP contribution in [-0.4, -0.2) is 68.8 Å². The number of carbonyl (C=O) groups is 3. The molecule has 2 amide bonds. The third-order valence-electron chi connectivity index (χ3n) is 7.10. The molecule has 1 aromatic carbocycles. The van der Waals surface area contributed by atoms with E-state index >= 15 is 0 Å². The minimum Gasteiger partial charge on any atom is -0.299 e. The van der Waals surface area contributed by atoms with Gasteiger partial charge in [0.15, 0.2) is 0 Å². The summed E-state index contributed by atoms with van der Waals surface area (Å²) in [6.07, 6.45) is 5.87. The van der Waals surface area contributed by atoms with Gasteiger partial charge in [-0.2, -0.15) is 5.10 Å². The van der Waals surface area contributed by atoms with Crippen LogP contribution in [0.15, 0.2) is 30.5 Å². The number of likely N-dealkylation sites (N-methyl/N-ethyl adjacent to an activating group) is 1. The predicted octanol–water partition coefficient (Wildman–Crippen LogP) is 2.28. The van der Waals surface area contributed by atoms with Crippen LogP contribution >= 0.6 is 0 Å². The molecule has 0 bridgehead atoms. The summed E-state index contributed by atoms with van der Waals surface area (Å²) in [4.78, 5) is 44.9. The lowest BCUT2D eigenvalue weighted by atomic mass is 9.99. The molecule has 2 saturated heterocycles. The number of nitrogens with one attached hydrogen (secondary N) is 1. The lowest BCUT2D eigenvalue weighted by Gasteiger charge is -2.30. The van der Waals surface area contributed by atoms with Crippen LogP contribution < -0.4 is 5.32 Å². The van der Waals surface area contributed by atoms with Crippen LogP contribution in [0.1, 0.15) is 47.2 Å². The Morgan fingerprint density at radius 3 is 2.71 bits per heavy atom. The Morgan fingerprint density at radius 2 is 1.97 bits per heavy atom. The van der Waals surface area contributed by atoms with E-state index < -0.39 is 6.04 Å². The molecule has 0 radical (unpaired) electrons. The minimum atomic E-state index is -0.409. The lowest BCUT2D eigenvalue weighted by molar-refractivity contribution is -0.137. The highest BCUT2D eigenvalue weighted by molar-refractivity contribution is 6.00. The van der Waals surface area contributed by atoms with Crippen molar-refractivity contribution in [3.05, 3.63) is 47.2 Å². The zero-order valence-corrected chi connectivity index (χ0v) is 20.2. The first kappa shape index (κ1) is 23.3. The van der Waals surface area contributed by atoms with E-state index in [2.05, 4.69) is 21.4 Å². The van der Waals surface area contributed by atoms with E-state index in [1.807, 2.05) is 41.9 Å². The minimum absolute atomic E-state index is 0.239. The Kier molecular flexibility index (Phi) is 6.44. The number of amides is 2.